The van der Waals surface area contributed by atoms with Crippen LogP contribution in [0.15, 0.2) is 36.4 Å². The number of methoxy groups -OCH3 is 1. The van der Waals surface area contributed by atoms with Crippen molar-refractivity contribution in [3.63, 3.8) is 0 Å². The summed E-state index contributed by atoms with van der Waals surface area (Å²) >= 11 is 0. The molecule has 0 unspecified atom stereocenters. The zero-order valence-corrected chi connectivity index (χ0v) is 18.2. The molecule has 7 nitrogen and oxygen atoms in total. The molecule has 30 heavy (non-hydrogen) atoms. The highest BCUT2D eigenvalue weighted by atomic mass is 16.5. The minimum absolute atomic E-state index is 0.0686. The molecular weight excluding hydrogens is 382 g/mol. The van der Waals surface area contributed by atoms with Gasteiger partial charge in [-0.3, -0.25) is 14.5 Å². The maximum absolute atomic E-state index is 13.3. The Morgan fingerprint density at radius 1 is 1.20 bits per heavy atom. The van der Waals surface area contributed by atoms with E-state index in [1.165, 1.54) is 0 Å². The predicted octanol–water partition coefficient (Wildman–Crippen LogP) is 3.35. The van der Waals surface area contributed by atoms with Crippen molar-refractivity contribution in [2.45, 2.75) is 45.7 Å². The standard InChI is InChI=1S/C23H29N3O4/c1-6-23(18-10-8-7-9-11-18)21(28)25(22(29)24-23)13-20(27)19-12-15(2)26(17(19)4)16(3)14-30-5/h7-12,16H,6,13-14H2,1-5H3,(H,24,29)/t16-,23-/m1/s1. The van der Waals surface area contributed by atoms with E-state index < -0.39 is 17.5 Å². The molecule has 3 amide bonds. The third kappa shape index (κ3) is 3.54. The van der Waals surface area contributed by atoms with Crippen LogP contribution in [-0.4, -0.2) is 47.4 Å². The van der Waals surface area contributed by atoms with Crippen LogP contribution in [0.3, 0.4) is 0 Å². The highest BCUT2D eigenvalue weighted by Crippen LogP contribution is 2.32. The number of amides is 3. The smallest absolute Gasteiger partial charge is 0.325 e. The van der Waals surface area contributed by atoms with Crippen LogP contribution >= 0.6 is 0 Å². The summed E-state index contributed by atoms with van der Waals surface area (Å²) < 4.78 is 7.28. The number of urea groups is 1. The van der Waals surface area contributed by atoms with Crippen molar-refractivity contribution in [1.29, 1.82) is 0 Å². The first-order valence-corrected chi connectivity index (χ1v) is 10.2. The van der Waals surface area contributed by atoms with Gasteiger partial charge in [-0.2, -0.15) is 0 Å². The molecule has 160 valence electrons. The van der Waals surface area contributed by atoms with Crippen molar-refractivity contribution in [1.82, 2.24) is 14.8 Å². The summed E-state index contributed by atoms with van der Waals surface area (Å²) in [7, 11) is 1.64. The molecule has 3 rings (SSSR count). The van der Waals surface area contributed by atoms with E-state index in [1.54, 1.807) is 7.11 Å². The Bertz CT molecular complexity index is 966. The van der Waals surface area contributed by atoms with E-state index in [0.717, 1.165) is 16.3 Å². The lowest BCUT2D eigenvalue weighted by Crippen LogP contribution is -2.43. The number of nitrogens with one attached hydrogen (secondary N) is 1. The largest absolute Gasteiger partial charge is 0.383 e. The molecule has 2 atom stereocenters. The van der Waals surface area contributed by atoms with E-state index in [-0.39, 0.29) is 18.4 Å². The zero-order valence-electron chi connectivity index (χ0n) is 18.2. The molecule has 2 heterocycles. The summed E-state index contributed by atoms with van der Waals surface area (Å²) in [6, 6.07) is 10.5. The molecular formula is C23H29N3O4. The molecule has 1 aromatic carbocycles. The Kier molecular flexibility index (Phi) is 6.12. The van der Waals surface area contributed by atoms with Crippen molar-refractivity contribution in [2.24, 2.45) is 0 Å². The number of aromatic nitrogens is 1. The number of ether oxygens (including phenoxy) is 1. The average Bonchev–Trinajstić information content (AvgIpc) is 3.16. The molecule has 2 aromatic rings. The van der Waals surface area contributed by atoms with Crippen LogP contribution in [-0.2, 0) is 15.1 Å². The van der Waals surface area contributed by atoms with E-state index in [4.69, 9.17) is 4.74 Å². The third-order valence-corrected chi connectivity index (χ3v) is 5.91. The summed E-state index contributed by atoms with van der Waals surface area (Å²) in [6.07, 6.45) is 0.398. The quantitative estimate of drug-likeness (QED) is 0.534. The van der Waals surface area contributed by atoms with E-state index >= 15 is 0 Å². The Morgan fingerprint density at radius 3 is 2.47 bits per heavy atom. The van der Waals surface area contributed by atoms with E-state index in [1.807, 2.05) is 68.7 Å². The maximum atomic E-state index is 13.3. The summed E-state index contributed by atoms with van der Waals surface area (Å²) in [4.78, 5) is 40.0. The van der Waals surface area contributed by atoms with E-state index in [9.17, 15) is 14.4 Å². The van der Waals surface area contributed by atoms with Crippen LogP contribution in [0, 0.1) is 13.8 Å². The van der Waals surface area contributed by atoms with Gasteiger partial charge in [-0.05, 0) is 38.8 Å². The average molecular weight is 412 g/mol. The first-order valence-electron chi connectivity index (χ1n) is 10.2. The predicted molar refractivity (Wildman–Crippen MR) is 113 cm³/mol. The highest BCUT2D eigenvalue weighted by Gasteiger charge is 2.51. The van der Waals surface area contributed by atoms with Gasteiger partial charge >= 0.3 is 6.03 Å². The second-order valence-corrected chi connectivity index (χ2v) is 7.83. The molecule has 1 fully saturated rings. The van der Waals surface area contributed by atoms with Crippen LogP contribution in [0.4, 0.5) is 4.79 Å². The number of hydrogen-bond donors (Lipinski definition) is 1. The highest BCUT2D eigenvalue weighted by molar-refractivity contribution is 6.11. The lowest BCUT2D eigenvalue weighted by molar-refractivity contribution is -0.131. The number of carbonyl (C=O) groups is 3. The van der Waals surface area contributed by atoms with Crippen molar-refractivity contribution in [2.75, 3.05) is 20.3 Å². The number of aryl methyl sites for hydroxylation is 1. The molecule has 1 aliphatic rings. The van der Waals surface area contributed by atoms with Gasteiger partial charge in [0.15, 0.2) is 5.78 Å². The Labute approximate surface area is 177 Å². The van der Waals surface area contributed by atoms with Crippen molar-refractivity contribution < 1.29 is 19.1 Å². The number of hydrogen-bond acceptors (Lipinski definition) is 4. The molecule has 1 aromatic heterocycles. The molecule has 0 radical (unpaired) electrons. The molecule has 0 saturated carbocycles. The third-order valence-electron chi connectivity index (χ3n) is 5.91. The van der Waals surface area contributed by atoms with Gasteiger partial charge in [-0.15, -0.1) is 0 Å². The van der Waals surface area contributed by atoms with Crippen LogP contribution in [0.1, 0.15) is 53.6 Å². The van der Waals surface area contributed by atoms with Gasteiger partial charge in [0.2, 0.25) is 0 Å². The van der Waals surface area contributed by atoms with Gasteiger partial charge in [0, 0.05) is 24.1 Å². The fraction of sp³-hybridized carbons (Fsp3) is 0.435. The van der Waals surface area contributed by atoms with Gasteiger partial charge in [-0.25, -0.2) is 4.79 Å². The number of rotatable bonds is 8. The van der Waals surface area contributed by atoms with Crippen molar-refractivity contribution in [3.8, 4) is 0 Å². The minimum atomic E-state index is -1.14. The number of carbonyl (C=O) groups excluding carboxylic acids is 3. The summed E-state index contributed by atoms with van der Waals surface area (Å²) in [6.45, 7) is 7.90. The number of benzene rings is 1. The number of Topliss-reactive ketones (excluding diaryl/α,β-unsaturated/α-hetero) is 1. The maximum Gasteiger partial charge on any atom is 0.325 e. The Morgan fingerprint density at radius 2 is 1.87 bits per heavy atom. The minimum Gasteiger partial charge on any atom is -0.383 e. The van der Waals surface area contributed by atoms with Crippen molar-refractivity contribution >= 4 is 17.7 Å². The molecule has 1 saturated heterocycles. The fourth-order valence-electron chi connectivity index (χ4n) is 4.41. The van der Waals surface area contributed by atoms with Gasteiger partial charge in [-0.1, -0.05) is 37.3 Å². The van der Waals surface area contributed by atoms with Crippen LogP contribution in [0.5, 0.6) is 0 Å². The summed E-state index contributed by atoms with van der Waals surface area (Å²) in [5, 5.41) is 2.82. The number of ketones is 1. The van der Waals surface area contributed by atoms with Crippen LogP contribution in [0.25, 0.3) is 0 Å². The SMILES string of the molecule is CC[C@]1(c2ccccc2)NC(=O)N(CC(=O)c2cc(C)n([C@H](C)COC)c2C)C1=O. The zero-order chi connectivity index (χ0) is 22.1. The Balaban J connectivity index is 1.87. The topological polar surface area (TPSA) is 80.6 Å². The monoisotopic (exact) mass is 411 g/mol. The summed E-state index contributed by atoms with van der Waals surface area (Å²) in [5.74, 6) is -0.654. The molecule has 7 heteroatoms. The molecule has 0 spiro atoms. The van der Waals surface area contributed by atoms with Gasteiger partial charge < -0.3 is 14.6 Å². The van der Waals surface area contributed by atoms with E-state index in [2.05, 4.69) is 5.32 Å². The van der Waals surface area contributed by atoms with Gasteiger partial charge in [0.05, 0.1) is 19.2 Å². The number of nitrogens with zero attached hydrogens (tertiary/aromatic N) is 2. The molecule has 1 N–H and O–H groups in total. The molecule has 0 bridgehead atoms. The molecule has 0 aliphatic carbocycles. The first kappa shape index (κ1) is 21.8. The fourth-order valence-corrected chi connectivity index (χ4v) is 4.41. The van der Waals surface area contributed by atoms with Gasteiger partial charge in [0.25, 0.3) is 5.91 Å². The van der Waals surface area contributed by atoms with Crippen molar-refractivity contribution in [3.05, 3.63) is 58.9 Å². The normalized spacial score (nSPS) is 19.8. The van der Waals surface area contributed by atoms with E-state index in [0.29, 0.717) is 24.2 Å². The van der Waals surface area contributed by atoms with Crippen LogP contribution in [0.2, 0.25) is 0 Å². The lowest BCUT2D eigenvalue weighted by Gasteiger charge is -2.25. The summed E-state index contributed by atoms with van der Waals surface area (Å²) in [5.41, 5.74) is 1.84. The van der Waals surface area contributed by atoms with Crippen LogP contribution < -0.4 is 5.32 Å². The first-order chi connectivity index (χ1) is 14.3. The lowest BCUT2D eigenvalue weighted by atomic mass is 9.87. The second kappa shape index (κ2) is 8.44. The van der Waals surface area contributed by atoms with Gasteiger partial charge in [0.1, 0.15) is 5.54 Å². The number of imide groups is 1. The molecule has 1 aliphatic heterocycles. The Hall–Kier alpha value is -2.93. The second-order valence-electron chi connectivity index (χ2n) is 7.83.